The Morgan fingerprint density at radius 1 is 0.737 bits per heavy atom. The van der Waals surface area contributed by atoms with E-state index in [0.29, 0.717) is 13.0 Å². The Kier molecular flexibility index (Phi) is 5.18. The van der Waals surface area contributed by atoms with Crippen LogP contribution in [0.1, 0.15) is 19.8 Å². The molecule has 5 nitrogen and oxygen atoms in total. The Balaban J connectivity index is 1.56. The zero-order chi connectivity index (χ0) is 25.8. The molecule has 0 aliphatic carbocycles. The minimum Gasteiger partial charge on any atom is -0.481 e. The van der Waals surface area contributed by atoms with Gasteiger partial charge in [0.15, 0.2) is 0 Å². The third kappa shape index (κ3) is 3.32. The van der Waals surface area contributed by atoms with Crippen LogP contribution in [0.4, 0.5) is 0 Å². The molecule has 0 saturated carbocycles. The van der Waals surface area contributed by atoms with E-state index in [9.17, 15) is 9.90 Å². The predicted octanol–water partition coefficient (Wildman–Crippen LogP) is 8.00. The summed E-state index contributed by atoms with van der Waals surface area (Å²) in [4.78, 5) is 16.7. The van der Waals surface area contributed by atoms with Gasteiger partial charge in [0.05, 0.1) is 11.0 Å². The quantitative estimate of drug-likeness (QED) is 0.237. The van der Waals surface area contributed by atoms with Crippen LogP contribution in [-0.2, 0) is 17.9 Å². The van der Waals surface area contributed by atoms with Gasteiger partial charge in [-0.25, -0.2) is 4.98 Å². The zero-order valence-electron chi connectivity index (χ0n) is 21.2. The summed E-state index contributed by atoms with van der Waals surface area (Å²) in [5.41, 5.74) is 5.50. The molecule has 7 rings (SSSR count). The Labute approximate surface area is 219 Å². The van der Waals surface area contributed by atoms with Crippen molar-refractivity contribution >= 4 is 60.4 Å². The van der Waals surface area contributed by atoms with Crippen molar-refractivity contribution in [3.63, 3.8) is 0 Å². The monoisotopic (exact) mass is 497 g/mol. The van der Waals surface area contributed by atoms with E-state index in [1.807, 2.05) is 0 Å². The number of aliphatic carboxylic acids is 1. The molecule has 2 aromatic heterocycles. The van der Waals surface area contributed by atoms with Crippen molar-refractivity contribution in [1.29, 1.82) is 0 Å². The van der Waals surface area contributed by atoms with Crippen LogP contribution in [0.3, 0.4) is 0 Å². The topological polar surface area (TPSA) is 60.0 Å². The first kappa shape index (κ1) is 22.5. The van der Waals surface area contributed by atoms with Crippen molar-refractivity contribution in [3.8, 4) is 11.4 Å². The lowest BCUT2D eigenvalue weighted by Crippen LogP contribution is -2.04. The maximum absolute atomic E-state index is 11.4. The summed E-state index contributed by atoms with van der Waals surface area (Å²) in [5, 5.41) is 16.4. The van der Waals surface area contributed by atoms with Gasteiger partial charge >= 0.3 is 5.97 Å². The lowest BCUT2D eigenvalue weighted by Gasteiger charge is -2.12. The molecule has 186 valence electrons. The van der Waals surface area contributed by atoms with Gasteiger partial charge in [-0.2, -0.15) is 0 Å². The number of aromatic nitrogens is 3. The smallest absolute Gasteiger partial charge is 0.303 e. The van der Waals surface area contributed by atoms with Crippen LogP contribution in [0.25, 0.3) is 65.8 Å². The summed E-state index contributed by atoms with van der Waals surface area (Å²) in [6, 6.07) is 32.0. The van der Waals surface area contributed by atoms with E-state index in [1.165, 1.54) is 32.6 Å². The number of aryl methyl sites for hydroxylation is 2. The van der Waals surface area contributed by atoms with Gasteiger partial charge in [0.2, 0.25) is 0 Å². The van der Waals surface area contributed by atoms with Crippen molar-refractivity contribution < 1.29 is 9.90 Å². The Morgan fingerprint density at radius 2 is 1.37 bits per heavy atom. The highest BCUT2D eigenvalue weighted by Crippen LogP contribution is 2.39. The number of benzene rings is 5. The third-order valence-electron chi connectivity index (χ3n) is 7.74. The molecule has 0 saturated heterocycles. The molecule has 0 unspecified atom stereocenters. The van der Waals surface area contributed by atoms with Gasteiger partial charge in [0.1, 0.15) is 5.82 Å². The van der Waals surface area contributed by atoms with Crippen LogP contribution in [0.15, 0.2) is 91.0 Å². The number of nitrogens with zero attached hydrogens (tertiary/aromatic N) is 3. The highest BCUT2D eigenvalue weighted by Gasteiger charge is 2.20. The van der Waals surface area contributed by atoms with Gasteiger partial charge in [-0.3, -0.25) is 4.79 Å². The maximum Gasteiger partial charge on any atom is 0.303 e. The first-order valence-electron chi connectivity index (χ1n) is 13.2. The van der Waals surface area contributed by atoms with Crippen molar-refractivity contribution in [2.75, 3.05) is 0 Å². The molecule has 0 radical (unpaired) electrons. The Bertz CT molecular complexity index is 2030. The van der Waals surface area contributed by atoms with Gasteiger partial charge in [0, 0.05) is 57.7 Å². The normalized spacial score (nSPS) is 11.9. The van der Waals surface area contributed by atoms with Crippen molar-refractivity contribution in [2.24, 2.45) is 0 Å². The summed E-state index contributed by atoms with van der Waals surface area (Å²) in [6.07, 6.45) is 0.653. The SMILES string of the molecule is CCn1c2ccccc2c2cc(-c3nc4c5ccccc5c5ccccc5c4n3CCCC(=O)O)ccc21. The molecule has 38 heavy (non-hydrogen) atoms. The lowest BCUT2D eigenvalue weighted by atomic mass is 10.00. The number of carbonyl (C=O) groups is 1. The fourth-order valence-corrected chi connectivity index (χ4v) is 6.12. The highest BCUT2D eigenvalue weighted by molar-refractivity contribution is 6.24. The molecule has 0 spiro atoms. The summed E-state index contributed by atoms with van der Waals surface area (Å²) in [7, 11) is 0. The van der Waals surface area contributed by atoms with Crippen molar-refractivity contribution in [1.82, 2.24) is 14.1 Å². The van der Waals surface area contributed by atoms with E-state index >= 15 is 0 Å². The molecule has 0 bridgehead atoms. The van der Waals surface area contributed by atoms with E-state index in [2.05, 4.69) is 107 Å². The zero-order valence-corrected chi connectivity index (χ0v) is 21.2. The first-order valence-corrected chi connectivity index (χ1v) is 13.2. The highest BCUT2D eigenvalue weighted by atomic mass is 16.4. The Morgan fingerprint density at radius 3 is 2.11 bits per heavy atom. The number of hydrogen-bond donors (Lipinski definition) is 1. The van der Waals surface area contributed by atoms with Crippen LogP contribution in [0, 0.1) is 0 Å². The average molecular weight is 498 g/mol. The first-order chi connectivity index (χ1) is 18.7. The maximum atomic E-state index is 11.4. The minimum absolute atomic E-state index is 0.119. The molecule has 2 heterocycles. The third-order valence-corrected chi connectivity index (χ3v) is 7.74. The van der Waals surface area contributed by atoms with Crippen LogP contribution in [0.5, 0.6) is 0 Å². The van der Waals surface area contributed by atoms with Crippen LogP contribution >= 0.6 is 0 Å². The summed E-state index contributed by atoms with van der Waals surface area (Å²) < 4.78 is 4.60. The van der Waals surface area contributed by atoms with E-state index in [-0.39, 0.29) is 6.42 Å². The molecule has 1 N–H and O–H groups in total. The average Bonchev–Trinajstić information content (AvgIpc) is 3.49. The number of para-hydroxylation sites is 1. The van der Waals surface area contributed by atoms with Gasteiger partial charge in [0.25, 0.3) is 0 Å². The van der Waals surface area contributed by atoms with Gasteiger partial charge in [-0.05, 0) is 48.4 Å². The Hall–Kier alpha value is -4.64. The molecule has 0 amide bonds. The fourth-order valence-electron chi connectivity index (χ4n) is 6.12. The van der Waals surface area contributed by atoms with Gasteiger partial charge in [-0.15, -0.1) is 0 Å². The second kappa shape index (κ2) is 8.73. The molecule has 5 aromatic carbocycles. The molecular weight excluding hydrogens is 470 g/mol. The lowest BCUT2D eigenvalue weighted by molar-refractivity contribution is -0.137. The molecular formula is C33H27N3O2. The minimum atomic E-state index is -0.778. The van der Waals surface area contributed by atoms with E-state index in [4.69, 9.17) is 4.98 Å². The second-order valence-corrected chi connectivity index (χ2v) is 9.87. The molecule has 5 heteroatoms. The molecule has 7 aromatic rings. The molecule has 0 fully saturated rings. The number of fused-ring (bicyclic) bond motifs is 9. The van der Waals surface area contributed by atoms with Crippen molar-refractivity contribution in [3.05, 3.63) is 91.0 Å². The summed E-state index contributed by atoms with van der Waals surface area (Å²) >= 11 is 0. The standard InChI is InChI=1S/C33H27N3O2/c1-2-35-28-15-8-7-12-24(28)27-20-21(17-18-29(27)35)33-34-31-25-13-5-3-10-22(25)23-11-4-6-14-26(23)32(31)36(33)19-9-16-30(37)38/h3-8,10-15,17-18,20H,2,9,16,19H2,1H3,(H,37,38). The van der Waals surface area contributed by atoms with Gasteiger partial charge < -0.3 is 14.2 Å². The van der Waals surface area contributed by atoms with Crippen molar-refractivity contribution in [2.45, 2.75) is 32.9 Å². The number of carboxylic acids is 1. The second-order valence-electron chi connectivity index (χ2n) is 9.87. The largest absolute Gasteiger partial charge is 0.481 e. The molecule has 0 atom stereocenters. The van der Waals surface area contributed by atoms with Crippen LogP contribution in [-0.4, -0.2) is 25.2 Å². The summed E-state index contributed by atoms with van der Waals surface area (Å²) in [5.74, 6) is 0.0993. The fraction of sp³-hybridized carbons (Fsp3) is 0.152. The number of carboxylic acid groups (broad SMARTS) is 1. The number of imidazole rings is 1. The number of rotatable bonds is 6. The van der Waals surface area contributed by atoms with E-state index in [1.54, 1.807) is 0 Å². The van der Waals surface area contributed by atoms with Crippen LogP contribution in [0.2, 0.25) is 0 Å². The molecule has 0 aliphatic rings. The molecule has 0 aliphatic heterocycles. The van der Waals surface area contributed by atoms with E-state index < -0.39 is 5.97 Å². The number of hydrogen-bond acceptors (Lipinski definition) is 2. The van der Waals surface area contributed by atoms with Gasteiger partial charge in [-0.1, -0.05) is 66.7 Å². The van der Waals surface area contributed by atoms with Crippen LogP contribution < -0.4 is 0 Å². The van der Waals surface area contributed by atoms with E-state index in [0.717, 1.165) is 39.7 Å². The summed E-state index contributed by atoms with van der Waals surface area (Å²) in [6.45, 7) is 3.65. The predicted molar refractivity (Wildman–Crippen MR) is 156 cm³/mol.